The predicted molar refractivity (Wildman–Crippen MR) is 70.0 cm³/mol. The summed E-state index contributed by atoms with van der Waals surface area (Å²) in [5, 5.41) is 6.35. The minimum absolute atomic E-state index is 0.130. The van der Waals surface area contributed by atoms with Gasteiger partial charge in [-0.1, -0.05) is 12.1 Å². The summed E-state index contributed by atoms with van der Waals surface area (Å²) in [5.41, 5.74) is 2.49. The maximum Gasteiger partial charge on any atom is 0.267 e. The van der Waals surface area contributed by atoms with Crippen molar-refractivity contribution in [2.24, 2.45) is 0 Å². The van der Waals surface area contributed by atoms with E-state index in [9.17, 15) is 4.79 Å². The van der Waals surface area contributed by atoms with Crippen molar-refractivity contribution in [3.8, 4) is 5.75 Å². The van der Waals surface area contributed by atoms with Gasteiger partial charge in [0.2, 0.25) is 0 Å². The first kappa shape index (κ1) is 12.4. The summed E-state index contributed by atoms with van der Waals surface area (Å²) in [4.78, 5) is 11.6. The zero-order valence-electron chi connectivity index (χ0n) is 10.6. The molecule has 0 saturated heterocycles. The number of H-pyrrole nitrogens is 1. The van der Waals surface area contributed by atoms with Crippen molar-refractivity contribution in [1.29, 1.82) is 0 Å². The topological polar surface area (TPSA) is 55.0 Å². The molecular weight excluding hydrogens is 228 g/mol. The Morgan fingerprint density at radius 2 is 2.00 bits per heavy atom. The number of hydrogen-bond donors (Lipinski definition) is 1. The first-order valence-corrected chi connectivity index (χ1v) is 5.96. The Morgan fingerprint density at radius 1 is 1.28 bits per heavy atom. The van der Waals surface area contributed by atoms with Gasteiger partial charge in [0, 0.05) is 12.0 Å². The molecule has 1 aromatic carbocycles. The molecule has 2 aromatic rings. The van der Waals surface area contributed by atoms with Crippen LogP contribution in [0.1, 0.15) is 23.7 Å². The highest BCUT2D eigenvalue weighted by atomic mass is 16.5. The Kier molecular flexibility index (Phi) is 3.77. The van der Waals surface area contributed by atoms with Gasteiger partial charge in [-0.2, -0.15) is 5.10 Å². The van der Waals surface area contributed by atoms with E-state index in [-0.39, 0.29) is 5.56 Å². The molecule has 0 atom stereocenters. The first-order chi connectivity index (χ1) is 8.69. The van der Waals surface area contributed by atoms with Crippen LogP contribution >= 0.6 is 0 Å². The second kappa shape index (κ2) is 5.49. The van der Waals surface area contributed by atoms with Gasteiger partial charge in [0.1, 0.15) is 5.75 Å². The molecule has 0 bridgehead atoms. The zero-order valence-corrected chi connectivity index (χ0v) is 10.6. The van der Waals surface area contributed by atoms with Gasteiger partial charge in [-0.25, -0.2) is 5.10 Å². The van der Waals surface area contributed by atoms with Crippen LogP contribution in [0.25, 0.3) is 0 Å². The number of aryl methyl sites for hydroxylation is 1. The maximum atomic E-state index is 11.6. The van der Waals surface area contributed by atoms with Crippen LogP contribution < -0.4 is 10.3 Å². The quantitative estimate of drug-likeness (QED) is 0.895. The fourth-order valence-electron chi connectivity index (χ4n) is 1.78. The highest BCUT2D eigenvalue weighted by Gasteiger charge is 2.03. The Labute approximate surface area is 106 Å². The molecule has 1 aromatic heterocycles. The molecular formula is C14H16N2O2. The largest absolute Gasteiger partial charge is 0.494 e. The predicted octanol–water partition coefficient (Wildman–Crippen LogP) is 2.07. The van der Waals surface area contributed by atoms with Crippen LogP contribution in [-0.4, -0.2) is 16.8 Å². The minimum atomic E-state index is -0.130. The number of aromatic nitrogens is 2. The number of nitrogens with zero attached hydrogens (tertiary/aromatic N) is 1. The van der Waals surface area contributed by atoms with E-state index < -0.39 is 0 Å². The molecule has 0 fully saturated rings. The van der Waals surface area contributed by atoms with Crippen LogP contribution in [0.15, 0.2) is 35.1 Å². The summed E-state index contributed by atoms with van der Waals surface area (Å²) in [6.07, 6.45) is 0.602. The van der Waals surface area contributed by atoms with Crippen LogP contribution in [-0.2, 0) is 6.42 Å². The molecule has 1 N–H and O–H groups in total. The molecule has 0 amide bonds. The number of ether oxygens (including phenoxy) is 1. The molecule has 2 rings (SSSR count). The van der Waals surface area contributed by atoms with Crippen molar-refractivity contribution in [3.05, 3.63) is 57.5 Å². The molecule has 4 nitrogen and oxygen atoms in total. The lowest BCUT2D eigenvalue weighted by molar-refractivity contribution is 0.340. The molecule has 0 aliphatic heterocycles. The van der Waals surface area contributed by atoms with Gasteiger partial charge in [0.15, 0.2) is 0 Å². The second-order valence-corrected chi connectivity index (χ2v) is 4.12. The zero-order chi connectivity index (χ0) is 13.0. The molecule has 0 aliphatic carbocycles. The summed E-state index contributed by atoms with van der Waals surface area (Å²) in [6.45, 7) is 4.47. The lowest BCUT2D eigenvalue weighted by Crippen LogP contribution is -2.15. The highest BCUT2D eigenvalue weighted by molar-refractivity contribution is 5.30. The number of nitrogens with one attached hydrogen (secondary N) is 1. The highest BCUT2D eigenvalue weighted by Crippen LogP contribution is 2.14. The third-order valence-electron chi connectivity index (χ3n) is 2.64. The van der Waals surface area contributed by atoms with Crippen molar-refractivity contribution in [2.75, 3.05) is 6.61 Å². The van der Waals surface area contributed by atoms with Gasteiger partial charge in [-0.05, 0) is 37.6 Å². The van der Waals surface area contributed by atoms with E-state index in [1.54, 1.807) is 0 Å². The standard InChI is InChI=1S/C14H16N2O2/c1-3-18-13-6-4-11(5-7-13)9-12-8-10(2)15-16-14(12)17/h4-8H,3,9H2,1-2H3,(H,16,17). The average molecular weight is 244 g/mol. The van der Waals surface area contributed by atoms with E-state index in [0.717, 1.165) is 22.6 Å². The van der Waals surface area contributed by atoms with Crippen LogP contribution in [0, 0.1) is 6.92 Å². The molecule has 0 aliphatic rings. The van der Waals surface area contributed by atoms with Crippen LogP contribution in [0.5, 0.6) is 5.75 Å². The Hall–Kier alpha value is -2.10. The summed E-state index contributed by atoms with van der Waals surface area (Å²) >= 11 is 0. The van der Waals surface area contributed by atoms with E-state index in [4.69, 9.17) is 4.74 Å². The molecule has 0 radical (unpaired) electrons. The first-order valence-electron chi connectivity index (χ1n) is 5.96. The van der Waals surface area contributed by atoms with E-state index >= 15 is 0 Å². The number of benzene rings is 1. The van der Waals surface area contributed by atoms with Crippen molar-refractivity contribution in [2.45, 2.75) is 20.3 Å². The fraction of sp³-hybridized carbons (Fsp3) is 0.286. The number of aromatic amines is 1. The van der Waals surface area contributed by atoms with Crippen molar-refractivity contribution < 1.29 is 4.74 Å². The lowest BCUT2D eigenvalue weighted by Gasteiger charge is -2.05. The van der Waals surface area contributed by atoms with Gasteiger partial charge in [0.05, 0.1) is 12.3 Å². The molecule has 4 heteroatoms. The van der Waals surface area contributed by atoms with Crippen molar-refractivity contribution in [3.63, 3.8) is 0 Å². The molecule has 0 unspecified atom stereocenters. The Balaban J connectivity index is 2.18. The van der Waals surface area contributed by atoms with Crippen molar-refractivity contribution in [1.82, 2.24) is 10.2 Å². The second-order valence-electron chi connectivity index (χ2n) is 4.12. The Bertz CT molecular complexity index is 573. The van der Waals surface area contributed by atoms with Crippen LogP contribution in [0.2, 0.25) is 0 Å². The summed E-state index contributed by atoms with van der Waals surface area (Å²) in [6, 6.07) is 9.60. The van der Waals surface area contributed by atoms with E-state index in [1.807, 2.05) is 44.2 Å². The molecule has 0 spiro atoms. The van der Waals surface area contributed by atoms with Gasteiger partial charge >= 0.3 is 0 Å². The number of rotatable bonds is 4. The lowest BCUT2D eigenvalue weighted by atomic mass is 10.1. The van der Waals surface area contributed by atoms with Crippen LogP contribution in [0.3, 0.4) is 0 Å². The number of hydrogen-bond acceptors (Lipinski definition) is 3. The SMILES string of the molecule is CCOc1ccc(Cc2cc(C)n[nH]c2=O)cc1. The third-order valence-corrected chi connectivity index (χ3v) is 2.64. The Morgan fingerprint density at radius 3 is 2.67 bits per heavy atom. The average Bonchev–Trinajstić information content (AvgIpc) is 2.37. The summed E-state index contributed by atoms with van der Waals surface area (Å²) in [7, 11) is 0. The summed E-state index contributed by atoms with van der Waals surface area (Å²) < 4.78 is 5.38. The van der Waals surface area contributed by atoms with Gasteiger partial charge in [0.25, 0.3) is 5.56 Å². The maximum absolute atomic E-state index is 11.6. The van der Waals surface area contributed by atoms with Crippen molar-refractivity contribution >= 4 is 0 Å². The molecule has 94 valence electrons. The van der Waals surface area contributed by atoms with Gasteiger partial charge < -0.3 is 4.74 Å². The monoisotopic (exact) mass is 244 g/mol. The smallest absolute Gasteiger partial charge is 0.267 e. The molecule has 0 saturated carbocycles. The summed E-state index contributed by atoms with van der Waals surface area (Å²) in [5.74, 6) is 0.848. The fourth-order valence-corrected chi connectivity index (χ4v) is 1.78. The van der Waals surface area contributed by atoms with E-state index in [0.29, 0.717) is 13.0 Å². The van der Waals surface area contributed by atoms with E-state index in [1.165, 1.54) is 0 Å². The molecule has 18 heavy (non-hydrogen) atoms. The third kappa shape index (κ3) is 2.97. The normalized spacial score (nSPS) is 10.3. The van der Waals surface area contributed by atoms with E-state index in [2.05, 4.69) is 10.2 Å². The molecule has 1 heterocycles. The van der Waals surface area contributed by atoms with Crippen LogP contribution in [0.4, 0.5) is 0 Å². The van der Waals surface area contributed by atoms with Gasteiger partial charge in [-0.15, -0.1) is 0 Å². The van der Waals surface area contributed by atoms with Gasteiger partial charge in [-0.3, -0.25) is 4.79 Å². The minimum Gasteiger partial charge on any atom is -0.494 e.